The first-order chi connectivity index (χ1) is 12.5. The second kappa shape index (κ2) is 7.62. The van der Waals surface area contributed by atoms with Crippen molar-refractivity contribution in [2.45, 2.75) is 20.0 Å². The number of nitrogens with zero attached hydrogens (tertiary/aromatic N) is 1. The van der Waals surface area contributed by atoms with Gasteiger partial charge in [0.2, 0.25) is 5.43 Å². The second-order valence-electron chi connectivity index (χ2n) is 5.81. The molecule has 6 heteroatoms. The van der Waals surface area contributed by atoms with Crippen molar-refractivity contribution in [1.29, 1.82) is 0 Å². The SMILES string of the molecule is CCn1cc(C(=O)NCc2ccccc2OC)c(=O)c2cc(Cl)ccc21. The van der Waals surface area contributed by atoms with Crippen molar-refractivity contribution in [3.8, 4) is 5.75 Å². The zero-order valence-corrected chi connectivity index (χ0v) is 15.3. The van der Waals surface area contributed by atoms with Crippen LogP contribution in [-0.2, 0) is 13.1 Å². The van der Waals surface area contributed by atoms with Gasteiger partial charge in [-0.1, -0.05) is 29.8 Å². The van der Waals surface area contributed by atoms with Crippen LogP contribution in [0.2, 0.25) is 5.02 Å². The molecule has 2 aromatic carbocycles. The molecule has 0 aliphatic rings. The summed E-state index contributed by atoms with van der Waals surface area (Å²) in [4.78, 5) is 25.4. The summed E-state index contributed by atoms with van der Waals surface area (Å²) in [5, 5.41) is 3.69. The number of aromatic nitrogens is 1. The fourth-order valence-corrected chi connectivity index (χ4v) is 3.08. The summed E-state index contributed by atoms with van der Waals surface area (Å²) in [6, 6.07) is 12.5. The minimum absolute atomic E-state index is 0.0940. The third kappa shape index (κ3) is 3.44. The maximum absolute atomic E-state index is 12.8. The number of nitrogens with one attached hydrogen (secondary N) is 1. The van der Waals surface area contributed by atoms with E-state index in [1.54, 1.807) is 31.5 Å². The molecule has 0 aliphatic carbocycles. The Hall–Kier alpha value is -2.79. The molecule has 1 aromatic heterocycles. The van der Waals surface area contributed by atoms with Crippen LogP contribution in [0.3, 0.4) is 0 Å². The summed E-state index contributed by atoms with van der Waals surface area (Å²) < 4.78 is 7.15. The summed E-state index contributed by atoms with van der Waals surface area (Å²) in [5.74, 6) is 0.258. The van der Waals surface area contributed by atoms with Gasteiger partial charge in [-0.05, 0) is 31.2 Å². The molecule has 0 spiro atoms. The first-order valence-electron chi connectivity index (χ1n) is 8.28. The predicted molar refractivity (Wildman–Crippen MR) is 103 cm³/mol. The van der Waals surface area contributed by atoms with Crippen LogP contribution in [0, 0.1) is 0 Å². The van der Waals surface area contributed by atoms with Crippen molar-refractivity contribution in [3.63, 3.8) is 0 Å². The molecule has 0 bridgehead atoms. The van der Waals surface area contributed by atoms with E-state index in [2.05, 4.69) is 5.32 Å². The first-order valence-corrected chi connectivity index (χ1v) is 8.65. The van der Waals surface area contributed by atoms with Crippen LogP contribution in [0.25, 0.3) is 10.9 Å². The van der Waals surface area contributed by atoms with Crippen LogP contribution in [-0.4, -0.2) is 17.6 Å². The summed E-state index contributed by atoms with van der Waals surface area (Å²) in [7, 11) is 1.58. The van der Waals surface area contributed by atoms with Gasteiger partial charge in [0.1, 0.15) is 11.3 Å². The number of methoxy groups -OCH3 is 1. The molecule has 0 fully saturated rings. The topological polar surface area (TPSA) is 60.3 Å². The van der Waals surface area contributed by atoms with Crippen molar-refractivity contribution in [2.24, 2.45) is 0 Å². The van der Waals surface area contributed by atoms with E-state index in [-0.39, 0.29) is 17.5 Å². The fourth-order valence-electron chi connectivity index (χ4n) is 2.91. The van der Waals surface area contributed by atoms with Crippen molar-refractivity contribution in [3.05, 3.63) is 75.0 Å². The molecular formula is C20H19ClN2O3. The Labute approximate surface area is 156 Å². The summed E-state index contributed by atoms with van der Waals surface area (Å²) in [5.41, 5.74) is 1.35. The Balaban J connectivity index is 1.95. The van der Waals surface area contributed by atoms with Gasteiger partial charge in [0.05, 0.1) is 12.6 Å². The number of ether oxygens (including phenoxy) is 1. The molecule has 1 heterocycles. The van der Waals surface area contributed by atoms with Gasteiger partial charge in [-0.3, -0.25) is 9.59 Å². The number of para-hydroxylation sites is 1. The zero-order chi connectivity index (χ0) is 18.7. The Morgan fingerprint density at radius 3 is 2.73 bits per heavy atom. The number of amides is 1. The van der Waals surface area contributed by atoms with Crippen LogP contribution in [0.5, 0.6) is 5.75 Å². The fraction of sp³-hybridized carbons (Fsp3) is 0.200. The Bertz CT molecular complexity index is 1030. The van der Waals surface area contributed by atoms with Gasteiger partial charge in [0.25, 0.3) is 5.91 Å². The molecule has 0 radical (unpaired) electrons. The Morgan fingerprint density at radius 1 is 1.23 bits per heavy atom. The largest absolute Gasteiger partial charge is 0.496 e. The van der Waals surface area contributed by atoms with Gasteiger partial charge in [-0.2, -0.15) is 0 Å². The monoisotopic (exact) mass is 370 g/mol. The minimum Gasteiger partial charge on any atom is -0.496 e. The molecule has 0 saturated carbocycles. The molecule has 26 heavy (non-hydrogen) atoms. The molecule has 1 amide bonds. The molecule has 3 rings (SSSR count). The van der Waals surface area contributed by atoms with Crippen molar-refractivity contribution >= 4 is 28.4 Å². The second-order valence-corrected chi connectivity index (χ2v) is 6.25. The van der Waals surface area contributed by atoms with E-state index in [0.29, 0.717) is 22.7 Å². The van der Waals surface area contributed by atoms with E-state index in [1.165, 1.54) is 0 Å². The third-order valence-electron chi connectivity index (χ3n) is 4.26. The van der Waals surface area contributed by atoms with E-state index in [9.17, 15) is 9.59 Å². The number of carbonyl (C=O) groups is 1. The van der Waals surface area contributed by atoms with Crippen molar-refractivity contribution < 1.29 is 9.53 Å². The van der Waals surface area contributed by atoms with Gasteiger partial charge in [0.15, 0.2) is 0 Å². The summed E-state index contributed by atoms with van der Waals surface area (Å²) in [6.45, 7) is 2.85. The summed E-state index contributed by atoms with van der Waals surface area (Å²) >= 11 is 6.03. The van der Waals surface area contributed by atoms with Crippen LogP contribution in [0.1, 0.15) is 22.8 Å². The Kier molecular flexibility index (Phi) is 5.28. The molecule has 5 nitrogen and oxygen atoms in total. The number of rotatable bonds is 5. The van der Waals surface area contributed by atoms with Gasteiger partial charge in [0, 0.05) is 35.3 Å². The van der Waals surface area contributed by atoms with Gasteiger partial charge < -0.3 is 14.6 Å². The highest BCUT2D eigenvalue weighted by atomic mass is 35.5. The standard InChI is InChI=1S/C20H19ClN2O3/c1-3-23-12-16(19(24)15-10-14(21)8-9-17(15)23)20(25)22-11-13-6-4-5-7-18(13)26-2/h4-10,12H,3,11H2,1-2H3,(H,22,25). The lowest BCUT2D eigenvalue weighted by Crippen LogP contribution is -2.29. The van der Waals surface area contributed by atoms with E-state index in [0.717, 1.165) is 11.1 Å². The number of benzene rings is 2. The van der Waals surface area contributed by atoms with Gasteiger partial charge >= 0.3 is 0 Å². The van der Waals surface area contributed by atoms with Crippen LogP contribution in [0.15, 0.2) is 53.5 Å². The summed E-state index contributed by atoms with van der Waals surface area (Å²) in [6.07, 6.45) is 1.59. The average Bonchev–Trinajstić information content (AvgIpc) is 2.67. The van der Waals surface area contributed by atoms with Crippen molar-refractivity contribution in [1.82, 2.24) is 9.88 Å². The highest BCUT2D eigenvalue weighted by Gasteiger charge is 2.16. The number of hydrogen-bond acceptors (Lipinski definition) is 3. The molecule has 1 N–H and O–H groups in total. The molecule has 0 atom stereocenters. The van der Waals surface area contributed by atoms with Crippen LogP contribution < -0.4 is 15.5 Å². The molecular weight excluding hydrogens is 352 g/mol. The number of carbonyl (C=O) groups excluding carboxylic acids is 1. The first kappa shape index (κ1) is 18.0. The molecule has 134 valence electrons. The number of hydrogen-bond donors (Lipinski definition) is 1. The predicted octanol–water partition coefficient (Wildman–Crippen LogP) is 3.61. The highest BCUT2D eigenvalue weighted by Crippen LogP contribution is 2.19. The Morgan fingerprint density at radius 2 is 2.00 bits per heavy atom. The quantitative estimate of drug-likeness (QED) is 0.746. The number of pyridine rings is 1. The van der Waals surface area contributed by atoms with E-state index < -0.39 is 5.91 Å². The minimum atomic E-state index is -0.426. The molecule has 3 aromatic rings. The zero-order valence-electron chi connectivity index (χ0n) is 14.6. The number of fused-ring (bicyclic) bond motifs is 1. The number of aryl methyl sites for hydroxylation is 1. The normalized spacial score (nSPS) is 10.7. The van der Waals surface area contributed by atoms with Crippen LogP contribution in [0.4, 0.5) is 0 Å². The van der Waals surface area contributed by atoms with E-state index in [1.807, 2.05) is 35.8 Å². The van der Waals surface area contributed by atoms with E-state index >= 15 is 0 Å². The average molecular weight is 371 g/mol. The lowest BCUT2D eigenvalue weighted by molar-refractivity contribution is 0.0949. The van der Waals surface area contributed by atoms with Gasteiger partial charge in [-0.25, -0.2) is 0 Å². The van der Waals surface area contributed by atoms with Crippen LogP contribution >= 0.6 is 11.6 Å². The third-order valence-corrected chi connectivity index (χ3v) is 4.49. The smallest absolute Gasteiger partial charge is 0.257 e. The number of halogens is 1. The van der Waals surface area contributed by atoms with Crippen molar-refractivity contribution in [2.75, 3.05) is 7.11 Å². The lowest BCUT2D eigenvalue weighted by Gasteiger charge is -2.13. The van der Waals surface area contributed by atoms with Gasteiger partial charge in [-0.15, -0.1) is 0 Å². The van der Waals surface area contributed by atoms with E-state index in [4.69, 9.17) is 16.3 Å². The lowest BCUT2D eigenvalue weighted by atomic mass is 10.1. The maximum atomic E-state index is 12.8. The molecule has 0 unspecified atom stereocenters. The highest BCUT2D eigenvalue weighted by molar-refractivity contribution is 6.31. The molecule has 0 aliphatic heterocycles. The molecule has 0 saturated heterocycles. The maximum Gasteiger partial charge on any atom is 0.257 e.